The van der Waals surface area contributed by atoms with Crippen molar-refractivity contribution in [3.63, 3.8) is 0 Å². The lowest BCUT2D eigenvalue weighted by Gasteiger charge is -2.23. The molecule has 0 radical (unpaired) electrons. The molecule has 1 heterocycles. The van der Waals surface area contributed by atoms with Crippen LogP contribution >= 0.6 is 0 Å². The Bertz CT molecular complexity index is 322. The van der Waals surface area contributed by atoms with Crippen LogP contribution in [0.1, 0.15) is 39.8 Å². The van der Waals surface area contributed by atoms with E-state index >= 15 is 0 Å². The summed E-state index contributed by atoms with van der Waals surface area (Å²) in [4.78, 5) is 0. The van der Waals surface area contributed by atoms with Crippen LogP contribution in [-0.2, 0) is 17.8 Å². The van der Waals surface area contributed by atoms with Crippen molar-refractivity contribution in [2.75, 3.05) is 13.2 Å². The Hall–Kier alpha value is -0.940. The molecule has 0 spiro atoms. The zero-order valence-electron chi connectivity index (χ0n) is 11.4. The molecule has 5 nitrogen and oxygen atoms in total. The third-order valence-electron chi connectivity index (χ3n) is 2.81. The van der Waals surface area contributed by atoms with Gasteiger partial charge in [-0.3, -0.25) is 0 Å². The van der Waals surface area contributed by atoms with Crippen LogP contribution in [-0.4, -0.2) is 33.7 Å². The molecule has 0 amide bonds. The average molecular weight is 240 g/mol. The topological polar surface area (TPSA) is 52.0 Å². The fourth-order valence-corrected chi connectivity index (χ4v) is 1.30. The minimum absolute atomic E-state index is 0.0484. The third kappa shape index (κ3) is 5.28. The monoisotopic (exact) mass is 240 g/mol. The maximum absolute atomic E-state index is 5.77. The fourth-order valence-electron chi connectivity index (χ4n) is 1.30. The number of nitrogens with one attached hydrogen (secondary N) is 1. The Morgan fingerprint density at radius 1 is 1.41 bits per heavy atom. The Morgan fingerprint density at radius 3 is 2.82 bits per heavy atom. The molecule has 0 saturated carbocycles. The second kappa shape index (κ2) is 6.71. The lowest BCUT2D eigenvalue weighted by atomic mass is 10.1. The highest BCUT2D eigenvalue weighted by Crippen LogP contribution is 2.12. The summed E-state index contributed by atoms with van der Waals surface area (Å²) < 4.78 is 7.60. The summed E-state index contributed by atoms with van der Waals surface area (Å²) in [5, 5.41) is 11.4. The van der Waals surface area contributed by atoms with E-state index in [4.69, 9.17) is 4.74 Å². The molecule has 0 aliphatic carbocycles. The molecule has 0 fully saturated rings. The van der Waals surface area contributed by atoms with Gasteiger partial charge in [-0.2, -0.15) is 0 Å². The molecular formula is C12H24N4O. The highest BCUT2D eigenvalue weighted by atomic mass is 16.5. The summed E-state index contributed by atoms with van der Waals surface area (Å²) >= 11 is 0. The van der Waals surface area contributed by atoms with Crippen LogP contribution in [0.2, 0.25) is 0 Å². The van der Waals surface area contributed by atoms with Gasteiger partial charge in [0.2, 0.25) is 0 Å². The van der Waals surface area contributed by atoms with Crippen LogP contribution in [0.25, 0.3) is 0 Å². The van der Waals surface area contributed by atoms with Gasteiger partial charge < -0.3 is 10.1 Å². The highest BCUT2D eigenvalue weighted by Gasteiger charge is 2.14. The minimum atomic E-state index is -0.0484. The van der Waals surface area contributed by atoms with Crippen molar-refractivity contribution < 1.29 is 4.74 Å². The lowest BCUT2D eigenvalue weighted by molar-refractivity contribution is -0.0246. The van der Waals surface area contributed by atoms with Gasteiger partial charge in [-0.05, 0) is 26.8 Å². The zero-order valence-corrected chi connectivity index (χ0v) is 11.4. The van der Waals surface area contributed by atoms with Crippen LogP contribution in [0.4, 0.5) is 0 Å². The highest BCUT2D eigenvalue weighted by molar-refractivity contribution is 4.91. The summed E-state index contributed by atoms with van der Waals surface area (Å²) in [6.45, 7) is 11.6. The molecule has 5 heteroatoms. The van der Waals surface area contributed by atoms with Crippen LogP contribution in [0.3, 0.4) is 0 Å². The largest absolute Gasteiger partial charge is 0.374 e. The van der Waals surface area contributed by atoms with Gasteiger partial charge in [-0.1, -0.05) is 19.1 Å². The fraction of sp³-hybridized carbons (Fsp3) is 0.833. The van der Waals surface area contributed by atoms with Gasteiger partial charge >= 0.3 is 0 Å². The molecule has 98 valence electrons. The molecule has 1 N–H and O–H groups in total. The van der Waals surface area contributed by atoms with E-state index in [1.54, 1.807) is 0 Å². The molecule has 0 saturated heterocycles. The summed E-state index contributed by atoms with van der Waals surface area (Å²) in [6, 6.07) is 0. The molecule has 0 bridgehead atoms. The molecule has 0 atom stereocenters. The Balaban J connectivity index is 2.30. The van der Waals surface area contributed by atoms with Gasteiger partial charge in [0.1, 0.15) is 0 Å². The van der Waals surface area contributed by atoms with Crippen LogP contribution < -0.4 is 5.32 Å². The predicted octanol–water partition coefficient (Wildman–Crippen LogP) is 1.59. The van der Waals surface area contributed by atoms with Gasteiger partial charge in [0, 0.05) is 12.7 Å². The quantitative estimate of drug-likeness (QED) is 0.750. The van der Waals surface area contributed by atoms with Crippen LogP contribution in [0.5, 0.6) is 0 Å². The van der Waals surface area contributed by atoms with E-state index < -0.39 is 0 Å². The molecule has 17 heavy (non-hydrogen) atoms. The molecular weight excluding hydrogens is 216 g/mol. The number of rotatable bonds is 8. The number of hydrogen-bond donors (Lipinski definition) is 1. The molecule has 0 aliphatic rings. The average Bonchev–Trinajstić information content (AvgIpc) is 2.74. The molecule has 0 unspecified atom stereocenters. The van der Waals surface area contributed by atoms with Crippen molar-refractivity contribution in [2.45, 2.75) is 52.8 Å². The first kappa shape index (κ1) is 14.1. The number of ether oxygens (including phenoxy) is 1. The smallest absolute Gasteiger partial charge is 0.0964 e. The predicted molar refractivity (Wildman–Crippen MR) is 67.7 cm³/mol. The first-order valence-electron chi connectivity index (χ1n) is 6.31. The summed E-state index contributed by atoms with van der Waals surface area (Å²) in [5.74, 6) is 0. The van der Waals surface area contributed by atoms with Crippen molar-refractivity contribution in [1.82, 2.24) is 20.3 Å². The van der Waals surface area contributed by atoms with Gasteiger partial charge in [0.25, 0.3) is 0 Å². The van der Waals surface area contributed by atoms with E-state index in [1.807, 2.05) is 10.9 Å². The maximum atomic E-state index is 5.77. The first-order chi connectivity index (χ1) is 8.07. The van der Waals surface area contributed by atoms with Crippen molar-refractivity contribution in [1.29, 1.82) is 0 Å². The van der Waals surface area contributed by atoms with E-state index in [0.29, 0.717) is 6.61 Å². The molecule has 0 aromatic carbocycles. The van der Waals surface area contributed by atoms with E-state index in [0.717, 1.165) is 31.7 Å². The van der Waals surface area contributed by atoms with Crippen molar-refractivity contribution >= 4 is 0 Å². The molecule has 1 aromatic heterocycles. The van der Waals surface area contributed by atoms with E-state index in [9.17, 15) is 0 Å². The third-order valence-corrected chi connectivity index (χ3v) is 2.81. The second-order valence-electron chi connectivity index (χ2n) is 4.71. The normalized spacial score (nSPS) is 12.0. The molecule has 1 aromatic rings. The maximum Gasteiger partial charge on any atom is 0.0964 e. The Labute approximate surface area is 104 Å². The summed E-state index contributed by atoms with van der Waals surface area (Å²) in [6.07, 6.45) is 2.97. The van der Waals surface area contributed by atoms with Gasteiger partial charge in [0.05, 0.1) is 24.4 Å². The second-order valence-corrected chi connectivity index (χ2v) is 4.71. The molecule has 1 rings (SSSR count). The Morgan fingerprint density at radius 2 is 2.18 bits per heavy atom. The number of nitrogens with zero attached hydrogens (tertiary/aromatic N) is 3. The van der Waals surface area contributed by atoms with Gasteiger partial charge in [-0.15, -0.1) is 5.10 Å². The van der Waals surface area contributed by atoms with Crippen molar-refractivity contribution in [3.8, 4) is 0 Å². The van der Waals surface area contributed by atoms with Gasteiger partial charge in [0.15, 0.2) is 0 Å². The Kier molecular flexibility index (Phi) is 5.58. The standard InChI is InChI=1S/C12H24N4O/c1-5-12(3,4)17-8-7-16-10-11(14-15-16)9-13-6-2/h10,13H,5-9H2,1-4H3. The van der Waals surface area contributed by atoms with Crippen LogP contribution in [0.15, 0.2) is 6.20 Å². The van der Waals surface area contributed by atoms with E-state index in [1.165, 1.54) is 0 Å². The van der Waals surface area contributed by atoms with Crippen molar-refractivity contribution in [2.24, 2.45) is 0 Å². The zero-order chi connectivity index (χ0) is 12.7. The minimum Gasteiger partial charge on any atom is -0.374 e. The molecule has 0 aliphatic heterocycles. The SMILES string of the molecule is CCNCc1cn(CCOC(C)(C)CC)nn1. The van der Waals surface area contributed by atoms with Crippen molar-refractivity contribution in [3.05, 3.63) is 11.9 Å². The lowest BCUT2D eigenvalue weighted by Crippen LogP contribution is -2.25. The number of hydrogen-bond acceptors (Lipinski definition) is 4. The summed E-state index contributed by atoms with van der Waals surface area (Å²) in [5.41, 5.74) is 0.925. The van der Waals surface area contributed by atoms with Crippen LogP contribution in [0, 0.1) is 0 Å². The van der Waals surface area contributed by atoms with E-state index in [2.05, 4.69) is 43.3 Å². The van der Waals surface area contributed by atoms with Gasteiger partial charge in [-0.25, -0.2) is 4.68 Å². The summed E-state index contributed by atoms with van der Waals surface area (Å²) in [7, 11) is 0. The van der Waals surface area contributed by atoms with E-state index in [-0.39, 0.29) is 5.60 Å². The first-order valence-corrected chi connectivity index (χ1v) is 6.31. The number of aromatic nitrogens is 3.